The zero-order valence-electron chi connectivity index (χ0n) is 17.5. The number of carbonyl (C=O) groups excluding carboxylic acids is 1. The van der Waals surface area contributed by atoms with Gasteiger partial charge >= 0.3 is 0 Å². The molecule has 158 valence electrons. The molecule has 2 heterocycles. The maximum absolute atomic E-state index is 12.5. The lowest BCUT2D eigenvalue weighted by Crippen LogP contribution is -2.38. The van der Waals surface area contributed by atoms with E-state index < -0.39 is 0 Å². The number of amides is 1. The summed E-state index contributed by atoms with van der Waals surface area (Å²) in [5, 5.41) is 6.89. The molecule has 29 heavy (non-hydrogen) atoms. The van der Waals surface area contributed by atoms with E-state index >= 15 is 0 Å². The molecule has 0 bridgehead atoms. The van der Waals surface area contributed by atoms with Gasteiger partial charge < -0.3 is 10.0 Å². The lowest BCUT2D eigenvalue weighted by Gasteiger charge is -2.29. The molecule has 0 radical (unpaired) electrons. The minimum atomic E-state index is -0.250. The fourth-order valence-electron chi connectivity index (χ4n) is 4.50. The first kappa shape index (κ1) is 23.3. The van der Waals surface area contributed by atoms with Gasteiger partial charge in [0.2, 0.25) is 5.91 Å². The van der Waals surface area contributed by atoms with Gasteiger partial charge in [-0.1, -0.05) is 43.2 Å². The van der Waals surface area contributed by atoms with E-state index in [-0.39, 0.29) is 11.9 Å². The second-order valence-corrected chi connectivity index (χ2v) is 8.60. The highest BCUT2D eigenvalue weighted by Crippen LogP contribution is 2.45. The molecule has 2 aliphatic rings. The van der Waals surface area contributed by atoms with E-state index in [1.807, 2.05) is 6.26 Å². The van der Waals surface area contributed by atoms with Crippen molar-refractivity contribution in [3.8, 4) is 11.8 Å². The third-order valence-electron chi connectivity index (χ3n) is 5.81. The molecule has 1 aromatic rings. The van der Waals surface area contributed by atoms with E-state index in [1.165, 1.54) is 5.56 Å². The van der Waals surface area contributed by atoms with Gasteiger partial charge in [-0.25, -0.2) is 0 Å². The minimum absolute atomic E-state index is 0.234. The third kappa shape index (κ3) is 6.52. The molecule has 0 spiro atoms. The topological polar surface area (TPSA) is 60.9 Å². The van der Waals surface area contributed by atoms with Crippen LogP contribution in [-0.2, 0) is 16.0 Å². The van der Waals surface area contributed by atoms with Gasteiger partial charge in [-0.2, -0.15) is 11.8 Å². The highest BCUT2D eigenvalue weighted by molar-refractivity contribution is 7.99. The predicted octanol–water partition coefficient (Wildman–Crippen LogP) is 2.86. The van der Waals surface area contributed by atoms with Crippen LogP contribution in [0.1, 0.15) is 25.3 Å². The first-order valence-electron chi connectivity index (χ1n) is 10.1. The summed E-state index contributed by atoms with van der Waals surface area (Å²) in [6.07, 6.45) is 5.18. The number of nitrogens with zero attached hydrogens (tertiary/aromatic N) is 2. The molecule has 0 aromatic heterocycles. The van der Waals surface area contributed by atoms with Crippen molar-refractivity contribution in [3.05, 3.63) is 35.9 Å². The minimum Gasteiger partial charge on any atom is -0.483 e. The molecule has 6 heteroatoms. The van der Waals surface area contributed by atoms with Crippen LogP contribution in [0.3, 0.4) is 0 Å². The second kappa shape index (κ2) is 11.9. The van der Waals surface area contributed by atoms with Crippen LogP contribution in [-0.4, -0.2) is 72.0 Å². The largest absolute Gasteiger partial charge is 0.483 e. The highest BCUT2D eigenvalue weighted by atomic mass is 32.2. The van der Waals surface area contributed by atoms with E-state index in [0.29, 0.717) is 17.6 Å². The van der Waals surface area contributed by atoms with Crippen LogP contribution in [0.2, 0.25) is 0 Å². The number of carbonyl (C=O) groups is 2. The number of aryl methyl sites for hydroxylation is 1. The Balaban J connectivity index is 0.000000941. The molecule has 5 nitrogen and oxygen atoms in total. The summed E-state index contributed by atoms with van der Waals surface area (Å²) < 4.78 is 0. The second-order valence-electron chi connectivity index (χ2n) is 7.73. The van der Waals surface area contributed by atoms with E-state index in [9.17, 15) is 4.79 Å². The fourth-order valence-corrected chi connectivity index (χ4v) is 4.93. The SMILES string of the molecule is CCC#CCN1CC2CN(C(=O)CSC)CC2(CCc2ccccc2)C1.O=CO. The van der Waals surface area contributed by atoms with Crippen LogP contribution >= 0.6 is 11.8 Å². The van der Waals surface area contributed by atoms with E-state index in [1.54, 1.807) is 11.8 Å². The van der Waals surface area contributed by atoms with Crippen LogP contribution in [0.4, 0.5) is 0 Å². The highest BCUT2D eigenvalue weighted by Gasteiger charge is 2.52. The van der Waals surface area contributed by atoms with Gasteiger partial charge in [0, 0.05) is 38.0 Å². The van der Waals surface area contributed by atoms with Crippen LogP contribution in [0.5, 0.6) is 0 Å². The zero-order chi connectivity index (χ0) is 21.1. The van der Waals surface area contributed by atoms with Gasteiger partial charge in [-0.15, -0.1) is 5.92 Å². The van der Waals surface area contributed by atoms with Crippen molar-refractivity contribution >= 4 is 24.1 Å². The number of rotatable bonds is 6. The van der Waals surface area contributed by atoms with Crippen LogP contribution in [0, 0.1) is 23.2 Å². The molecule has 3 rings (SSSR count). The quantitative estimate of drug-likeness (QED) is 0.571. The Morgan fingerprint density at radius 3 is 2.66 bits per heavy atom. The molecule has 2 fully saturated rings. The fraction of sp³-hybridized carbons (Fsp3) is 0.565. The Kier molecular flexibility index (Phi) is 9.56. The monoisotopic (exact) mass is 416 g/mol. The van der Waals surface area contributed by atoms with Crippen molar-refractivity contribution in [1.82, 2.24) is 9.80 Å². The summed E-state index contributed by atoms with van der Waals surface area (Å²) >= 11 is 1.63. The Bertz CT molecular complexity index is 716. The summed E-state index contributed by atoms with van der Waals surface area (Å²) in [7, 11) is 0. The van der Waals surface area contributed by atoms with E-state index in [2.05, 4.69) is 58.9 Å². The number of benzene rings is 1. The van der Waals surface area contributed by atoms with Crippen molar-refractivity contribution in [1.29, 1.82) is 0 Å². The smallest absolute Gasteiger partial charge is 0.290 e. The number of hydrogen-bond donors (Lipinski definition) is 1. The van der Waals surface area contributed by atoms with Gasteiger partial charge in [-0.3, -0.25) is 14.5 Å². The Morgan fingerprint density at radius 1 is 1.28 bits per heavy atom. The van der Waals surface area contributed by atoms with E-state index in [4.69, 9.17) is 9.90 Å². The molecule has 1 aromatic carbocycles. The number of thioether (sulfide) groups is 1. The molecule has 1 amide bonds. The summed E-state index contributed by atoms with van der Waals surface area (Å²) in [6, 6.07) is 10.8. The van der Waals surface area contributed by atoms with Crippen LogP contribution in [0.25, 0.3) is 0 Å². The maximum Gasteiger partial charge on any atom is 0.290 e. The number of fused-ring (bicyclic) bond motifs is 1. The standard InChI is InChI=1S/C22H30N2OS.CH2O2/c1-3-4-8-13-23-14-20-15-24(21(25)16-26-2)18-22(20,17-23)12-11-19-9-6-5-7-10-19;2-1-3/h5-7,9-10,20H,3,11-18H2,1-2H3;1H,(H,2,3). The molecule has 2 saturated heterocycles. The molecule has 1 N–H and O–H groups in total. The predicted molar refractivity (Wildman–Crippen MR) is 119 cm³/mol. The Labute approximate surface area is 178 Å². The number of hydrogen-bond acceptors (Lipinski definition) is 4. The van der Waals surface area contributed by atoms with Crippen molar-refractivity contribution in [2.24, 2.45) is 11.3 Å². The van der Waals surface area contributed by atoms with Crippen LogP contribution in [0.15, 0.2) is 30.3 Å². The van der Waals surface area contributed by atoms with Crippen molar-refractivity contribution in [3.63, 3.8) is 0 Å². The van der Waals surface area contributed by atoms with Gasteiger partial charge in [0.25, 0.3) is 6.47 Å². The Hall–Kier alpha value is -1.97. The molecule has 2 unspecified atom stereocenters. The molecule has 0 aliphatic carbocycles. The third-order valence-corrected chi connectivity index (χ3v) is 6.34. The average molecular weight is 417 g/mol. The number of likely N-dealkylation sites (tertiary alicyclic amines) is 2. The average Bonchev–Trinajstić information content (AvgIpc) is 3.22. The Morgan fingerprint density at radius 2 is 2.00 bits per heavy atom. The van der Waals surface area contributed by atoms with E-state index in [0.717, 1.165) is 52.0 Å². The summed E-state index contributed by atoms with van der Waals surface area (Å²) in [6.45, 7) is 6.72. The molecule has 2 atom stereocenters. The summed E-state index contributed by atoms with van der Waals surface area (Å²) in [5.41, 5.74) is 1.64. The lowest BCUT2D eigenvalue weighted by atomic mass is 9.76. The molecular weight excluding hydrogens is 384 g/mol. The van der Waals surface area contributed by atoms with Crippen molar-refractivity contribution in [2.45, 2.75) is 26.2 Å². The van der Waals surface area contributed by atoms with Gasteiger partial charge in [0.15, 0.2) is 0 Å². The lowest BCUT2D eigenvalue weighted by molar-refractivity contribution is -0.128. The van der Waals surface area contributed by atoms with Crippen molar-refractivity contribution in [2.75, 3.05) is 44.7 Å². The van der Waals surface area contributed by atoms with Crippen LogP contribution < -0.4 is 0 Å². The maximum atomic E-state index is 12.5. The summed E-state index contributed by atoms with van der Waals surface area (Å²) in [5.74, 6) is 8.00. The molecule has 0 saturated carbocycles. The zero-order valence-corrected chi connectivity index (χ0v) is 18.3. The van der Waals surface area contributed by atoms with Gasteiger partial charge in [-0.05, 0) is 30.6 Å². The molecule has 2 aliphatic heterocycles. The van der Waals surface area contributed by atoms with Crippen molar-refractivity contribution < 1.29 is 14.7 Å². The first-order chi connectivity index (χ1) is 14.1. The first-order valence-corrected chi connectivity index (χ1v) is 11.5. The summed E-state index contributed by atoms with van der Waals surface area (Å²) in [4.78, 5) is 25.5. The normalized spacial score (nSPS) is 22.8. The molecular formula is C23H32N2O3S. The van der Waals surface area contributed by atoms with Gasteiger partial charge in [0.1, 0.15) is 0 Å². The van der Waals surface area contributed by atoms with Gasteiger partial charge in [0.05, 0.1) is 12.3 Å². The number of carboxylic acid groups (broad SMARTS) is 1.